The summed E-state index contributed by atoms with van der Waals surface area (Å²) in [5.41, 5.74) is 13.6. The van der Waals surface area contributed by atoms with Crippen LogP contribution in [0.3, 0.4) is 0 Å². The third-order valence-corrected chi connectivity index (χ3v) is 6.45. The summed E-state index contributed by atoms with van der Waals surface area (Å²) in [4.78, 5) is 13.0. The Balaban J connectivity index is 0.00000196. The van der Waals surface area contributed by atoms with Crippen molar-refractivity contribution < 1.29 is 4.79 Å². The average Bonchev–Trinajstić information content (AvgIpc) is 3.05. The molecule has 2 bridgehead atoms. The maximum Gasteiger partial charge on any atom is 0.226 e. The van der Waals surface area contributed by atoms with E-state index in [0.29, 0.717) is 35.5 Å². The van der Waals surface area contributed by atoms with Gasteiger partial charge >= 0.3 is 0 Å². The molecule has 144 valence electrons. The molecule has 5 N–H and O–H groups in total. The highest BCUT2D eigenvalue weighted by molar-refractivity contribution is 6.30. The molecule has 1 aromatic carbocycles. The first-order valence-electron chi connectivity index (χ1n) is 9.41. The first-order chi connectivity index (χ1) is 12.1. The number of hydrogen-bond acceptors (Lipinski definition) is 4. The fraction of sp³-hybridized carbons (Fsp3) is 0.632. The number of carbonyl (C=O) groups is 1. The first kappa shape index (κ1) is 19.9. The molecule has 3 aliphatic rings. The number of amides is 1. The lowest BCUT2D eigenvalue weighted by molar-refractivity contribution is -0.127. The number of halogens is 2. The largest absolute Gasteiger partial charge is 0.352 e. The molecule has 3 fully saturated rings. The molecule has 4 unspecified atom stereocenters. The summed E-state index contributed by atoms with van der Waals surface area (Å²) >= 11 is 6.12. The Morgan fingerprint density at radius 2 is 1.96 bits per heavy atom. The van der Waals surface area contributed by atoms with Crippen LogP contribution in [0.1, 0.15) is 43.7 Å². The number of nitrogens with one attached hydrogen (secondary N) is 3. The summed E-state index contributed by atoms with van der Waals surface area (Å²) in [6, 6.07) is 8.28. The molecule has 4 rings (SSSR count). The summed E-state index contributed by atoms with van der Waals surface area (Å²) < 4.78 is 0. The Morgan fingerprint density at radius 3 is 2.65 bits per heavy atom. The molecule has 1 aromatic rings. The van der Waals surface area contributed by atoms with E-state index >= 15 is 0 Å². The first-order valence-corrected chi connectivity index (χ1v) is 9.79. The van der Waals surface area contributed by atoms with E-state index in [1.165, 1.54) is 19.3 Å². The van der Waals surface area contributed by atoms with Crippen molar-refractivity contribution in [3.05, 3.63) is 34.9 Å². The van der Waals surface area contributed by atoms with Gasteiger partial charge in [0, 0.05) is 23.7 Å². The van der Waals surface area contributed by atoms with Crippen LogP contribution < -0.4 is 21.9 Å². The van der Waals surface area contributed by atoms with Crippen LogP contribution in [-0.2, 0) is 4.79 Å². The van der Waals surface area contributed by atoms with Crippen molar-refractivity contribution in [1.29, 1.82) is 0 Å². The number of rotatable bonds is 3. The van der Waals surface area contributed by atoms with Crippen LogP contribution in [0, 0.1) is 17.8 Å². The lowest BCUT2D eigenvalue weighted by Crippen LogP contribution is -2.55. The van der Waals surface area contributed by atoms with E-state index in [1.807, 2.05) is 24.3 Å². The predicted octanol–water partition coefficient (Wildman–Crippen LogP) is 2.55. The Morgan fingerprint density at radius 1 is 1.23 bits per heavy atom. The molecule has 2 aliphatic carbocycles. The second-order valence-electron chi connectivity index (χ2n) is 7.88. The van der Waals surface area contributed by atoms with Gasteiger partial charge < -0.3 is 11.1 Å². The van der Waals surface area contributed by atoms with Crippen molar-refractivity contribution in [3.63, 3.8) is 0 Å². The predicted molar refractivity (Wildman–Crippen MR) is 106 cm³/mol. The van der Waals surface area contributed by atoms with Gasteiger partial charge in [-0.05, 0) is 55.2 Å². The smallest absolute Gasteiger partial charge is 0.226 e. The van der Waals surface area contributed by atoms with E-state index < -0.39 is 0 Å². The van der Waals surface area contributed by atoms with Gasteiger partial charge in [-0.2, -0.15) is 0 Å². The summed E-state index contributed by atoms with van der Waals surface area (Å²) in [5, 5.41) is 4.09. The highest BCUT2D eigenvalue weighted by Gasteiger charge is 2.42. The van der Waals surface area contributed by atoms with Crippen molar-refractivity contribution in [1.82, 2.24) is 16.2 Å². The number of fused-ring (bicyclic) bond motifs is 2. The minimum Gasteiger partial charge on any atom is -0.352 e. The van der Waals surface area contributed by atoms with E-state index in [9.17, 15) is 4.79 Å². The number of hydrazine groups is 1. The number of nitrogens with two attached hydrogens (primary N) is 1. The van der Waals surface area contributed by atoms with E-state index in [1.54, 1.807) is 0 Å². The number of benzene rings is 1. The highest BCUT2D eigenvalue weighted by Crippen LogP contribution is 2.40. The van der Waals surface area contributed by atoms with Crippen LogP contribution in [-0.4, -0.2) is 24.5 Å². The monoisotopic (exact) mass is 398 g/mol. The standard InChI is InChI=1S/C19H27ClN4O.ClH/c20-14-6-2-5-11(7-14)18-16(10-22-24-18)19(25)23-17-12-3-1-4-13(17)9-15(21)8-12;/h2,5-7,12-13,15-18,22,24H,1,3-4,8-10,21H2,(H,23,25);1H. The molecule has 1 saturated heterocycles. The maximum atomic E-state index is 13.0. The zero-order valence-corrected chi connectivity index (χ0v) is 16.4. The Hall–Kier alpha value is -0.850. The number of hydrogen-bond donors (Lipinski definition) is 4. The average molecular weight is 399 g/mol. The van der Waals surface area contributed by atoms with Crippen molar-refractivity contribution in [2.75, 3.05) is 6.54 Å². The molecule has 1 heterocycles. The lowest BCUT2D eigenvalue weighted by Gasteiger charge is -2.45. The van der Waals surface area contributed by atoms with Gasteiger partial charge in [0.15, 0.2) is 0 Å². The van der Waals surface area contributed by atoms with Crippen LogP contribution in [0.15, 0.2) is 24.3 Å². The molecule has 0 aromatic heterocycles. The van der Waals surface area contributed by atoms with Crippen molar-refractivity contribution in [3.8, 4) is 0 Å². The second kappa shape index (κ2) is 8.44. The van der Waals surface area contributed by atoms with Crippen molar-refractivity contribution in [2.45, 2.75) is 50.2 Å². The third-order valence-electron chi connectivity index (χ3n) is 6.21. The molecule has 0 spiro atoms. The number of carbonyl (C=O) groups excluding carboxylic acids is 1. The van der Waals surface area contributed by atoms with Gasteiger partial charge in [-0.25, -0.2) is 5.43 Å². The fourth-order valence-electron chi connectivity index (χ4n) is 5.05. The van der Waals surface area contributed by atoms with E-state index in [-0.39, 0.29) is 30.3 Å². The van der Waals surface area contributed by atoms with Crippen LogP contribution in [0.2, 0.25) is 5.02 Å². The van der Waals surface area contributed by atoms with Crippen molar-refractivity contribution in [2.24, 2.45) is 23.5 Å². The molecule has 7 heteroatoms. The molecule has 4 atom stereocenters. The Bertz CT molecular complexity index is 630. The zero-order chi connectivity index (χ0) is 17.4. The molecule has 1 amide bonds. The van der Waals surface area contributed by atoms with Crippen LogP contribution in [0.25, 0.3) is 0 Å². The van der Waals surface area contributed by atoms with Crippen LogP contribution >= 0.6 is 24.0 Å². The van der Waals surface area contributed by atoms with E-state index in [4.69, 9.17) is 17.3 Å². The van der Waals surface area contributed by atoms with Crippen LogP contribution in [0.5, 0.6) is 0 Å². The summed E-state index contributed by atoms with van der Waals surface area (Å²) in [6.45, 7) is 0.630. The van der Waals surface area contributed by atoms with Gasteiger partial charge in [-0.1, -0.05) is 30.2 Å². The van der Waals surface area contributed by atoms with Gasteiger partial charge in [0.1, 0.15) is 0 Å². The Kier molecular flexibility index (Phi) is 6.46. The minimum atomic E-state index is -0.130. The molecular weight excluding hydrogens is 371 g/mol. The van der Waals surface area contributed by atoms with Crippen molar-refractivity contribution >= 4 is 29.9 Å². The molecule has 1 aliphatic heterocycles. The van der Waals surface area contributed by atoms with Gasteiger partial charge in [0.05, 0.1) is 12.0 Å². The topological polar surface area (TPSA) is 79.2 Å². The minimum absolute atomic E-state index is 0. The van der Waals surface area contributed by atoms with Gasteiger partial charge in [0.25, 0.3) is 0 Å². The molecule has 0 radical (unpaired) electrons. The van der Waals surface area contributed by atoms with E-state index in [2.05, 4.69) is 16.2 Å². The SMILES string of the molecule is Cl.NC1CC2CCCC(C1)C2NC(=O)C1CNNC1c1cccc(Cl)c1. The summed E-state index contributed by atoms with van der Waals surface area (Å²) in [6.07, 6.45) is 5.73. The van der Waals surface area contributed by atoms with Gasteiger partial charge in [0.2, 0.25) is 5.91 Å². The maximum absolute atomic E-state index is 13.0. The lowest BCUT2D eigenvalue weighted by atomic mass is 9.67. The third kappa shape index (κ3) is 4.02. The quantitative estimate of drug-likeness (QED) is 0.630. The second-order valence-corrected chi connectivity index (χ2v) is 8.32. The van der Waals surface area contributed by atoms with Gasteiger partial charge in [-0.3, -0.25) is 10.2 Å². The zero-order valence-electron chi connectivity index (χ0n) is 14.8. The molecular formula is C19H28Cl2N4O. The fourth-order valence-corrected chi connectivity index (χ4v) is 5.25. The highest BCUT2D eigenvalue weighted by atomic mass is 35.5. The molecule has 5 nitrogen and oxygen atoms in total. The Labute approximate surface area is 166 Å². The van der Waals surface area contributed by atoms with Gasteiger partial charge in [-0.15, -0.1) is 12.4 Å². The van der Waals surface area contributed by atoms with Crippen LogP contribution in [0.4, 0.5) is 0 Å². The molecule has 26 heavy (non-hydrogen) atoms. The summed E-state index contributed by atoms with van der Waals surface area (Å²) in [7, 11) is 0. The summed E-state index contributed by atoms with van der Waals surface area (Å²) in [5.74, 6) is 1.09. The normalized spacial score (nSPS) is 36.2. The molecule has 2 saturated carbocycles. The van der Waals surface area contributed by atoms with E-state index in [0.717, 1.165) is 18.4 Å².